The summed E-state index contributed by atoms with van der Waals surface area (Å²) >= 11 is 1.76. The van der Waals surface area contributed by atoms with Gasteiger partial charge in [0.15, 0.2) is 0 Å². The first kappa shape index (κ1) is 15.4. The van der Waals surface area contributed by atoms with E-state index in [2.05, 4.69) is 42.3 Å². The lowest BCUT2D eigenvalue weighted by Gasteiger charge is -2.22. The molecule has 0 aliphatic carbocycles. The highest BCUT2D eigenvalue weighted by atomic mass is 32.1. The second-order valence-electron chi connectivity index (χ2n) is 6.35. The van der Waals surface area contributed by atoms with E-state index in [1.54, 1.807) is 11.3 Å². The average Bonchev–Trinajstić information content (AvgIpc) is 3.10. The van der Waals surface area contributed by atoms with E-state index >= 15 is 0 Å². The maximum atomic E-state index is 12.1. The molecule has 22 heavy (non-hydrogen) atoms. The van der Waals surface area contributed by atoms with Crippen molar-refractivity contribution in [3.8, 4) is 0 Å². The van der Waals surface area contributed by atoms with E-state index in [1.807, 2.05) is 6.07 Å². The van der Waals surface area contributed by atoms with Crippen LogP contribution in [-0.2, 0) is 4.79 Å². The maximum Gasteiger partial charge on any atom is 0.234 e. The van der Waals surface area contributed by atoms with E-state index in [0.29, 0.717) is 18.5 Å². The molecule has 0 unspecified atom stereocenters. The van der Waals surface area contributed by atoms with Gasteiger partial charge in [0.2, 0.25) is 5.91 Å². The van der Waals surface area contributed by atoms with Crippen LogP contribution >= 0.6 is 11.3 Å². The molecule has 1 aromatic heterocycles. The van der Waals surface area contributed by atoms with Crippen LogP contribution in [0.5, 0.6) is 0 Å². The number of hydrogen-bond donors (Lipinski definition) is 1. The molecule has 1 aliphatic rings. The number of carbonyl (C=O) groups excluding carboxylic acids is 1. The molecule has 0 spiro atoms. The van der Waals surface area contributed by atoms with Gasteiger partial charge >= 0.3 is 0 Å². The molecule has 1 N–H and O–H groups in total. The van der Waals surface area contributed by atoms with Crippen molar-refractivity contribution in [1.82, 2.24) is 15.2 Å². The van der Waals surface area contributed by atoms with Gasteiger partial charge in [-0.25, -0.2) is 4.98 Å². The van der Waals surface area contributed by atoms with Crippen LogP contribution in [0.1, 0.15) is 37.7 Å². The molecule has 0 bridgehead atoms. The number of para-hydroxylation sites is 1. The molecule has 2 heterocycles. The van der Waals surface area contributed by atoms with Crippen LogP contribution in [0.3, 0.4) is 0 Å². The molecule has 1 atom stereocenters. The van der Waals surface area contributed by atoms with Crippen molar-refractivity contribution in [2.45, 2.75) is 32.7 Å². The normalized spacial score (nSPS) is 19.1. The number of hydrogen-bond acceptors (Lipinski definition) is 4. The van der Waals surface area contributed by atoms with Crippen LogP contribution in [0.25, 0.3) is 10.2 Å². The van der Waals surface area contributed by atoms with Gasteiger partial charge in [-0.15, -0.1) is 11.3 Å². The summed E-state index contributed by atoms with van der Waals surface area (Å²) in [7, 11) is 0. The molecule has 1 amide bonds. The van der Waals surface area contributed by atoms with E-state index < -0.39 is 0 Å². The number of benzene rings is 1. The monoisotopic (exact) mass is 317 g/mol. The Morgan fingerprint density at radius 1 is 1.45 bits per heavy atom. The fourth-order valence-corrected chi connectivity index (χ4v) is 4.02. The van der Waals surface area contributed by atoms with Gasteiger partial charge in [0.1, 0.15) is 5.01 Å². The van der Waals surface area contributed by atoms with Gasteiger partial charge in [-0.1, -0.05) is 26.0 Å². The summed E-state index contributed by atoms with van der Waals surface area (Å²) in [6, 6.07) is 8.55. The molecule has 4 nitrogen and oxygen atoms in total. The van der Waals surface area contributed by atoms with Gasteiger partial charge in [-0.2, -0.15) is 0 Å². The minimum atomic E-state index is 0.127. The molecular formula is C17H23N3OS. The Kier molecular flexibility index (Phi) is 4.74. The Labute approximate surface area is 135 Å². The van der Waals surface area contributed by atoms with Crippen molar-refractivity contribution >= 4 is 27.5 Å². The lowest BCUT2D eigenvalue weighted by Crippen LogP contribution is -2.38. The molecule has 1 aromatic carbocycles. The molecule has 1 fully saturated rings. The molecule has 2 aromatic rings. The van der Waals surface area contributed by atoms with Gasteiger partial charge in [0.05, 0.1) is 22.8 Å². The first-order valence-corrected chi connectivity index (χ1v) is 8.81. The zero-order valence-corrected chi connectivity index (χ0v) is 14.0. The zero-order chi connectivity index (χ0) is 15.5. The van der Waals surface area contributed by atoms with E-state index in [-0.39, 0.29) is 5.91 Å². The van der Waals surface area contributed by atoms with Crippen molar-refractivity contribution in [2.75, 3.05) is 19.6 Å². The number of thiazole rings is 1. The number of carbonyl (C=O) groups is 1. The summed E-state index contributed by atoms with van der Waals surface area (Å²) in [6.45, 7) is 6.43. The van der Waals surface area contributed by atoms with Crippen molar-refractivity contribution in [1.29, 1.82) is 0 Å². The van der Waals surface area contributed by atoms with E-state index in [1.165, 1.54) is 4.70 Å². The predicted octanol–water partition coefficient (Wildman–Crippen LogP) is 3.21. The second kappa shape index (κ2) is 6.75. The van der Waals surface area contributed by atoms with Crippen molar-refractivity contribution in [3.05, 3.63) is 29.3 Å². The molecule has 1 aliphatic heterocycles. The summed E-state index contributed by atoms with van der Waals surface area (Å²) < 4.78 is 1.23. The number of nitrogens with one attached hydrogen (secondary N) is 1. The number of fused-ring (bicyclic) bond motifs is 1. The van der Waals surface area contributed by atoms with Gasteiger partial charge in [0, 0.05) is 6.54 Å². The Balaban J connectivity index is 1.68. The van der Waals surface area contributed by atoms with E-state index in [0.717, 1.165) is 36.5 Å². The summed E-state index contributed by atoms with van der Waals surface area (Å²) in [5.74, 6) is 0.615. The predicted molar refractivity (Wildman–Crippen MR) is 91.0 cm³/mol. The fraction of sp³-hybridized carbons (Fsp3) is 0.529. The van der Waals surface area contributed by atoms with Gasteiger partial charge < -0.3 is 5.32 Å². The van der Waals surface area contributed by atoms with Crippen LogP contribution in [-0.4, -0.2) is 35.4 Å². The topological polar surface area (TPSA) is 45.2 Å². The van der Waals surface area contributed by atoms with Crippen molar-refractivity contribution in [3.63, 3.8) is 0 Å². The molecule has 0 radical (unpaired) electrons. The second-order valence-corrected chi connectivity index (χ2v) is 7.41. The molecule has 118 valence electrons. The minimum absolute atomic E-state index is 0.127. The van der Waals surface area contributed by atoms with Crippen LogP contribution in [0.4, 0.5) is 0 Å². The third-order valence-corrected chi connectivity index (χ3v) is 5.15. The zero-order valence-electron chi connectivity index (χ0n) is 13.2. The molecular weight excluding hydrogens is 294 g/mol. The van der Waals surface area contributed by atoms with Crippen LogP contribution in [0, 0.1) is 5.92 Å². The Morgan fingerprint density at radius 2 is 2.27 bits per heavy atom. The summed E-state index contributed by atoms with van der Waals surface area (Å²) in [4.78, 5) is 19.1. The number of amides is 1. The number of nitrogens with zero attached hydrogens (tertiary/aromatic N) is 2. The molecule has 3 rings (SSSR count). The lowest BCUT2D eigenvalue weighted by molar-refractivity contribution is -0.122. The largest absolute Gasteiger partial charge is 0.355 e. The van der Waals surface area contributed by atoms with Crippen molar-refractivity contribution in [2.24, 2.45) is 5.92 Å². The van der Waals surface area contributed by atoms with Gasteiger partial charge in [-0.3, -0.25) is 9.69 Å². The van der Waals surface area contributed by atoms with Crippen LogP contribution in [0.2, 0.25) is 0 Å². The maximum absolute atomic E-state index is 12.1. The molecule has 5 heteroatoms. The Morgan fingerprint density at radius 3 is 3.05 bits per heavy atom. The summed E-state index contributed by atoms with van der Waals surface area (Å²) in [5.41, 5.74) is 1.07. The number of likely N-dealkylation sites (tertiary alicyclic amines) is 1. The van der Waals surface area contributed by atoms with Crippen LogP contribution < -0.4 is 5.32 Å². The SMILES string of the molecule is CC(C)CNC(=O)CN1CCC[C@@H]1c1nc2ccccc2s1. The number of rotatable bonds is 5. The van der Waals surface area contributed by atoms with Crippen molar-refractivity contribution < 1.29 is 4.79 Å². The van der Waals surface area contributed by atoms with Gasteiger partial charge in [0.25, 0.3) is 0 Å². The quantitative estimate of drug-likeness (QED) is 0.921. The highest BCUT2D eigenvalue weighted by molar-refractivity contribution is 7.18. The molecule has 1 saturated heterocycles. The lowest BCUT2D eigenvalue weighted by atomic mass is 10.2. The smallest absolute Gasteiger partial charge is 0.234 e. The standard InChI is InChI=1S/C17H23N3OS/c1-12(2)10-18-16(21)11-20-9-5-7-14(20)17-19-13-6-3-4-8-15(13)22-17/h3-4,6,8,12,14H,5,7,9-11H2,1-2H3,(H,18,21)/t14-/m1/s1. The summed E-state index contributed by atoms with van der Waals surface area (Å²) in [6.07, 6.45) is 2.23. The third-order valence-electron chi connectivity index (χ3n) is 4.01. The number of aromatic nitrogens is 1. The van der Waals surface area contributed by atoms with Crippen LogP contribution in [0.15, 0.2) is 24.3 Å². The first-order valence-electron chi connectivity index (χ1n) is 7.99. The highest BCUT2D eigenvalue weighted by Crippen LogP contribution is 2.36. The third kappa shape index (κ3) is 3.47. The first-order chi connectivity index (χ1) is 10.6. The highest BCUT2D eigenvalue weighted by Gasteiger charge is 2.29. The minimum Gasteiger partial charge on any atom is -0.355 e. The Hall–Kier alpha value is -1.46. The Bertz CT molecular complexity index is 619. The summed E-state index contributed by atoms with van der Waals surface area (Å²) in [5, 5.41) is 4.16. The molecule has 0 saturated carbocycles. The van der Waals surface area contributed by atoms with E-state index in [9.17, 15) is 4.79 Å². The average molecular weight is 317 g/mol. The fourth-order valence-electron chi connectivity index (χ4n) is 2.89. The van der Waals surface area contributed by atoms with Gasteiger partial charge in [-0.05, 0) is 37.4 Å². The van der Waals surface area contributed by atoms with E-state index in [4.69, 9.17) is 4.98 Å².